The number of ether oxygens (including phenoxy) is 1. The van der Waals surface area contributed by atoms with Gasteiger partial charge in [0.25, 0.3) is 6.33 Å². The maximum Gasteiger partial charge on any atom is 0.268 e. The van der Waals surface area contributed by atoms with Crippen molar-refractivity contribution in [2.24, 2.45) is 0 Å². The van der Waals surface area contributed by atoms with Crippen molar-refractivity contribution in [3.63, 3.8) is 0 Å². The molecule has 0 amide bonds. The van der Waals surface area contributed by atoms with Crippen molar-refractivity contribution in [3.8, 4) is 62.1 Å². The topological polar surface area (TPSA) is 35.9 Å². The number of para-hydroxylation sites is 3. The van der Waals surface area contributed by atoms with Crippen LogP contribution in [0.5, 0.6) is 11.5 Å². The number of nitrogens with zero attached hydrogens (tertiary/aromatic N) is 4. The van der Waals surface area contributed by atoms with Gasteiger partial charge in [-0.15, -0.1) is 29.7 Å². The molecule has 5 nitrogen and oxygen atoms in total. The fourth-order valence-corrected chi connectivity index (χ4v) is 10.5. The number of pyridine rings is 1. The molecule has 8 aromatic carbocycles. The van der Waals surface area contributed by atoms with Gasteiger partial charge < -0.3 is 13.9 Å². The van der Waals surface area contributed by atoms with Gasteiger partial charge in [0.2, 0.25) is 0 Å². The number of rotatable bonds is 8. The van der Waals surface area contributed by atoms with Crippen molar-refractivity contribution in [2.45, 2.75) is 138 Å². The maximum atomic E-state index is 8.70. The van der Waals surface area contributed by atoms with Gasteiger partial charge in [-0.3, -0.25) is 4.57 Å². The van der Waals surface area contributed by atoms with E-state index in [4.69, 9.17) is 20.7 Å². The Morgan fingerprint density at radius 1 is 0.506 bits per heavy atom. The Labute approximate surface area is 507 Å². The quantitative estimate of drug-likeness (QED) is 0.112. The number of aryl methyl sites for hydroxylation is 1. The first kappa shape index (κ1) is 47.3. The number of hydrogen-bond acceptors (Lipinski definition) is 2. The van der Waals surface area contributed by atoms with Crippen LogP contribution in [0.3, 0.4) is 0 Å². The predicted octanol–water partition coefficient (Wildman–Crippen LogP) is 19.4. The minimum atomic E-state index is -2.76. The molecule has 0 N–H and O–H groups in total. The summed E-state index contributed by atoms with van der Waals surface area (Å²) in [6.45, 7) is 31.6. The van der Waals surface area contributed by atoms with E-state index >= 15 is 0 Å². The number of fused-ring (bicyclic) bond motifs is 4. The van der Waals surface area contributed by atoms with Gasteiger partial charge >= 0.3 is 0 Å². The minimum Gasteiger partial charge on any atom is -0.510 e. The van der Waals surface area contributed by atoms with Crippen molar-refractivity contribution in [1.29, 1.82) is 0 Å². The van der Waals surface area contributed by atoms with Gasteiger partial charge in [-0.1, -0.05) is 231 Å². The number of hydrogen-bond donors (Lipinski definition) is 0. The minimum absolute atomic E-state index is 0. The van der Waals surface area contributed by atoms with Crippen LogP contribution in [0.1, 0.15) is 148 Å². The third-order valence-corrected chi connectivity index (χ3v) is 15.4. The van der Waals surface area contributed by atoms with E-state index in [2.05, 4.69) is 204 Å². The normalized spacial score (nSPS) is 14.2. The van der Waals surface area contributed by atoms with E-state index in [9.17, 15) is 0 Å². The van der Waals surface area contributed by atoms with Crippen molar-refractivity contribution in [1.82, 2.24) is 14.1 Å². The summed E-state index contributed by atoms with van der Waals surface area (Å²) >= 11 is 0. The molecule has 0 atom stereocenters. The van der Waals surface area contributed by atoms with Crippen molar-refractivity contribution in [2.75, 3.05) is 0 Å². The van der Waals surface area contributed by atoms with Crippen LogP contribution in [0.25, 0.3) is 83.4 Å². The van der Waals surface area contributed by atoms with Crippen molar-refractivity contribution < 1.29 is 41.3 Å². The monoisotopic (exact) mass is 1250 g/mol. The molecule has 0 saturated heterocycles. The largest absolute Gasteiger partial charge is 0.510 e. The number of aromatic nitrogens is 4. The van der Waals surface area contributed by atoms with Gasteiger partial charge in [-0.25, -0.2) is 4.98 Å². The van der Waals surface area contributed by atoms with Crippen LogP contribution < -0.4 is 9.30 Å². The van der Waals surface area contributed by atoms with Gasteiger partial charge in [0, 0.05) is 54.0 Å². The van der Waals surface area contributed by atoms with Crippen LogP contribution in [0.4, 0.5) is 0 Å². The van der Waals surface area contributed by atoms with E-state index in [0.717, 1.165) is 55.3 Å². The standard InChI is InChI=1S/C75H76N4O.Pt/c1-48-35-69(76-46-64(48)49-25-18-17-19-26-49)79-65-30-21-20-29-60(65)61-34-33-59(45-68(61)79)80-58-28-24-27-57(44-58)77-47-78(67-32-23-22-31-66(67)77)70-62(50-36-52(71(2,3)4)40-53(37-50)72(5,6)7)42-56(75(14,15)16)43-63(70)51-38-54(73(8,9)10)41-55(39-51)74(11,12)13;/h17-43,46H,1-16H3;/q-2;/i1D3,17D,18D,19D,25D,26D;. The average molecular weight is 1250 g/mol. The first-order valence-electron chi connectivity index (χ1n) is 31.7. The number of benzene rings is 8. The molecule has 81 heavy (non-hydrogen) atoms. The van der Waals surface area contributed by atoms with Gasteiger partial charge in [0.05, 0.1) is 23.6 Å². The predicted molar refractivity (Wildman–Crippen MR) is 335 cm³/mol. The van der Waals surface area contributed by atoms with Gasteiger partial charge in [-0.2, -0.15) is 18.2 Å². The molecule has 0 unspecified atom stereocenters. The SMILES string of the molecule is [2H]c1c([2H])c([2H])c(-c2cnc(-n3c4[c-]c(Oc5[c-]c(-n6[c-][n+](-c7c(-c8cc(C(C)(C)C)cc(C(C)(C)C)c8)cc(C(C)(C)C)cc7-c7cc(C(C)(C)C)cc(C(C)(C)C)c7)c7ccccc76)ccc5)ccc4c4ccccc43)cc2C([2H])([2H])[2H])c([2H])c1[2H].[Pt]. The molecule has 11 aromatic rings. The second kappa shape index (κ2) is 20.9. The molecule has 414 valence electrons. The van der Waals surface area contributed by atoms with Gasteiger partial charge in [-0.05, 0) is 118 Å². The third kappa shape index (κ3) is 11.1. The summed E-state index contributed by atoms with van der Waals surface area (Å²) in [4.78, 5) is 4.76. The van der Waals surface area contributed by atoms with Gasteiger partial charge in [0.15, 0.2) is 0 Å². The molecule has 0 aliphatic rings. The Bertz CT molecular complexity index is 4420. The van der Waals surface area contributed by atoms with Crippen LogP contribution in [0, 0.1) is 25.3 Å². The third-order valence-electron chi connectivity index (χ3n) is 15.4. The molecule has 6 heteroatoms. The van der Waals surface area contributed by atoms with Crippen LogP contribution in [-0.4, -0.2) is 14.1 Å². The van der Waals surface area contributed by atoms with E-state index in [1.165, 1.54) is 40.1 Å². The van der Waals surface area contributed by atoms with Crippen LogP contribution >= 0.6 is 0 Å². The molecule has 0 spiro atoms. The zero-order valence-electron chi connectivity index (χ0n) is 57.3. The maximum absolute atomic E-state index is 8.70. The molecular weight excluding hydrogens is 1170 g/mol. The summed E-state index contributed by atoms with van der Waals surface area (Å²) in [5.41, 5.74) is 14.2. The summed E-state index contributed by atoms with van der Waals surface area (Å²) in [6.07, 6.45) is 5.20. The second-order valence-corrected chi connectivity index (χ2v) is 26.6. The van der Waals surface area contributed by atoms with Gasteiger partial charge in [0.1, 0.15) is 5.82 Å². The molecule has 0 aliphatic carbocycles. The molecular formula is C75H76N4OPt-2. The Morgan fingerprint density at radius 2 is 1.04 bits per heavy atom. The van der Waals surface area contributed by atoms with Crippen molar-refractivity contribution in [3.05, 3.63) is 222 Å². The van der Waals surface area contributed by atoms with E-state index in [1.54, 1.807) is 4.57 Å². The molecule has 0 radical (unpaired) electrons. The molecule has 3 heterocycles. The van der Waals surface area contributed by atoms with Crippen LogP contribution in [0.15, 0.2) is 170 Å². The van der Waals surface area contributed by atoms with Crippen molar-refractivity contribution >= 4 is 32.8 Å². The Hall–Kier alpha value is -7.33. The number of imidazole rings is 1. The van der Waals surface area contributed by atoms with E-state index in [0.29, 0.717) is 22.7 Å². The second-order valence-electron chi connectivity index (χ2n) is 26.6. The Morgan fingerprint density at radius 3 is 1.60 bits per heavy atom. The molecule has 11 rings (SSSR count). The first-order chi connectivity index (χ1) is 41.0. The fourth-order valence-electron chi connectivity index (χ4n) is 10.5. The Balaban J connectivity index is 0.00000873. The molecule has 0 aliphatic heterocycles. The zero-order chi connectivity index (χ0) is 63.7. The summed E-state index contributed by atoms with van der Waals surface area (Å²) in [5, 5.41) is 1.66. The Kier molecular flexibility index (Phi) is 12.2. The summed E-state index contributed by atoms with van der Waals surface area (Å²) in [6, 6.07) is 50.6. The van der Waals surface area contributed by atoms with E-state index < -0.39 is 37.1 Å². The van der Waals surface area contributed by atoms with Crippen LogP contribution in [0.2, 0.25) is 0 Å². The zero-order valence-corrected chi connectivity index (χ0v) is 51.6. The molecule has 3 aromatic heterocycles. The average Bonchev–Trinajstić information content (AvgIpc) is 1.73. The molecule has 0 fully saturated rings. The smallest absolute Gasteiger partial charge is 0.268 e. The van der Waals surface area contributed by atoms with Crippen LogP contribution in [-0.2, 0) is 48.1 Å². The van der Waals surface area contributed by atoms with E-state index in [1.807, 2.05) is 54.6 Å². The summed E-state index contributed by atoms with van der Waals surface area (Å²) in [5.74, 6) is 1.00. The molecule has 0 saturated carbocycles. The summed E-state index contributed by atoms with van der Waals surface area (Å²) < 4.78 is 81.1. The summed E-state index contributed by atoms with van der Waals surface area (Å²) in [7, 11) is 0. The fraction of sp³-hybridized carbons (Fsp3) is 0.280. The van der Waals surface area contributed by atoms with E-state index in [-0.39, 0.29) is 70.6 Å². The first-order valence-corrected chi connectivity index (χ1v) is 27.7. The molecule has 0 bridgehead atoms.